The van der Waals surface area contributed by atoms with E-state index in [1.54, 1.807) is 25.4 Å². The number of carbonyl (C=O) groups excluding carboxylic acids is 2. The summed E-state index contributed by atoms with van der Waals surface area (Å²) < 4.78 is 7.23. The quantitative estimate of drug-likeness (QED) is 0.443. The molecule has 2 N–H and O–H groups in total. The van der Waals surface area contributed by atoms with Crippen molar-refractivity contribution in [2.45, 2.75) is 13.8 Å². The van der Waals surface area contributed by atoms with Gasteiger partial charge in [0.1, 0.15) is 17.4 Å². The van der Waals surface area contributed by atoms with Gasteiger partial charge in [0, 0.05) is 23.3 Å². The molecule has 0 radical (unpaired) electrons. The maximum absolute atomic E-state index is 12.5. The molecular formula is C24H23N5O3. The Morgan fingerprint density at radius 3 is 2.59 bits per heavy atom. The fourth-order valence-corrected chi connectivity index (χ4v) is 3.26. The van der Waals surface area contributed by atoms with Crippen molar-refractivity contribution in [3.63, 3.8) is 0 Å². The SMILES string of the molecule is COc1ccc(-n2c(C)cc(/C=C(/C#N)C(=O)NCC(=O)Nc3cccnc3)c2C)cc1. The lowest BCUT2D eigenvalue weighted by atomic mass is 10.1. The highest BCUT2D eigenvalue weighted by Gasteiger charge is 2.15. The van der Waals surface area contributed by atoms with E-state index in [1.165, 1.54) is 12.3 Å². The molecule has 0 aliphatic carbocycles. The molecule has 162 valence electrons. The summed E-state index contributed by atoms with van der Waals surface area (Å²) in [6.45, 7) is 3.60. The Labute approximate surface area is 186 Å². The van der Waals surface area contributed by atoms with E-state index in [4.69, 9.17) is 4.74 Å². The van der Waals surface area contributed by atoms with Crippen LogP contribution < -0.4 is 15.4 Å². The molecule has 32 heavy (non-hydrogen) atoms. The van der Waals surface area contributed by atoms with E-state index < -0.39 is 11.8 Å². The van der Waals surface area contributed by atoms with E-state index in [2.05, 4.69) is 15.6 Å². The molecule has 2 aromatic heterocycles. The zero-order valence-electron chi connectivity index (χ0n) is 18.0. The van der Waals surface area contributed by atoms with E-state index in [1.807, 2.05) is 54.8 Å². The lowest BCUT2D eigenvalue weighted by Gasteiger charge is -2.10. The van der Waals surface area contributed by atoms with E-state index >= 15 is 0 Å². The average molecular weight is 429 g/mol. The van der Waals surface area contributed by atoms with E-state index in [9.17, 15) is 14.9 Å². The lowest BCUT2D eigenvalue weighted by Crippen LogP contribution is -2.33. The van der Waals surface area contributed by atoms with Gasteiger partial charge < -0.3 is 19.9 Å². The standard InChI is InChI=1S/C24H23N5O3/c1-16-11-18(17(2)29(16)21-6-8-22(32-3)9-7-21)12-19(13-25)24(31)27-15-23(30)28-20-5-4-10-26-14-20/h4-12,14H,15H2,1-3H3,(H,27,31)(H,28,30)/b19-12-. The highest BCUT2D eigenvalue weighted by Crippen LogP contribution is 2.24. The van der Waals surface area contributed by atoms with Gasteiger partial charge in [0.15, 0.2) is 0 Å². The summed E-state index contributed by atoms with van der Waals surface area (Å²) in [4.78, 5) is 28.4. The molecule has 0 bridgehead atoms. The number of carbonyl (C=O) groups is 2. The number of hydrogen-bond acceptors (Lipinski definition) is 5. The van der Waals surface area contributed by atoms with Crippen molar-refractivity contribution >= 4 is 23.6 Å². The molecule has 8 nitrogen and oxygen atoms in total. The van der Waals surface area contributed by atoms with Crippen LogP contribution in [0, 0.1) is 25.2 Å². The molecule has 0 atom stereocenters. The summed E-state index contributed by atoms with van der Waals surface area (Å²) in [5.41, 5.74) is 3.94. The molecule has 8 heteroatoms. The number of aryl methyl sites for hydroxylation is 1. The van der Waals surface area contributed by atoms with Crippen LogP contribution in [0.1, 0.15) is 17.0 Å². The monoisotopic (exact) mass is 429 g/mol. The van der Waals surface area contributed by atoms with Crippen molar-refractivity contribution in [1.29, 1.82) is 5.26 Å². The van der Waals surface area contributed by atoms with Crippen molar-refractivity contribution in [2.24, 2.45) is 0 Å². The van der Waals surface area contributed by atoms with Gasteiger partial charge >= 0.3 is 0 Å². The normalized spacial score (nSPS) is 10.9. The largest absolute Gasteiger partial charge is 0.497 e. The summed E-state index contributed by atoms with van der Waals surface area (Å²) in [7, 11) is 1.61. The molecule has 0 spiro atoms. The van der Waals surface area contributed by atoms with Gasteiger partial charge in [0.25, 0.3) is 5.91 Å². The Morgan fingerprint density at radius 1 is 1.22 bits per heavy atom. The summed E-state index contributed by atoms with van der Waals surface area (Å²) in [6.07, 6.45) is 4.61. The van der Waals surface area contributed by atoms with Crippen LogP contribution in [0.3, 0.4) is 0 Å². The van der Waals surface area contributed by atoms with E-state index in [0.29, 0.717) is 5.69 Å². The predicted octanol–water partition coefficient (Wildman–Crippen LogP) is 3.16. The number of nitriles is 1. The third-order valence-electron chi connectivity index (χ3n) is 4.82. The zero-order valence-corrected chi connectivity index (χ0v) is 18.0. The minimum absolute atomic E-state index is 0.0887. The Hall–Kier alpha value is -4.38. The summed E-state index contributed by atoms with van der Waals surface area (Å²) in [6, 6.07) is 14.8. The number of rotatable bonds is 7. The second-order valence-electron chi connectivity index (χ2n) is 7.00. The molecule has 0 saturated heterocycles. The Bertz CT molecular complexity index is 1190. The van der Waals surface area contributed by atoms with Crippen LogP contribution in [0.15, 0.2) is 60.4 Å². The number of benzene rings is 1. The maximum Gasteiger partial charge on any atom is 0.262 e. The topological polar surface area (TPSA) is 109 Å². The summed E-state index contributed by atoms with van der Waals surface area (Å²) in [5, 5.41) is 14.6. The first kappa shape index (κ1) is 22.3. The number of pyridine rings is 1. The number of aromatic nitrogens is 2. The molecule has 0 saturated carbocycles. The fourth-order valence-electron chi connectivity index (χ4n) is 3.26. The number of hydrogen-bond donors (Lipinski definition) is 2. The summed E-state index contributed by atoms with van der Waals surface area (Å²) >= 11 is 0. The fraction of sp³-hybridized carbons (Fsp3) is 0.167. The second-order valence-corrected chi connectivity index (χ2v) is 7.00. The number of nitrogens with zero attached hydrogens (tertiary/aromatic N) is 3. The third-order valence-corrected chi connectivity index (χ3v) is 4.82. The molecule has 2 amide bonds. The maximum atomic E-state index is 12.5. The van der Waals surface area contributed by atoms with Gasteiger partial charge in [-0.15, -0.1) is 0 Å². The van der Waals surface area contributed by atoms with Gasteiger partial charge in [-0.05, 0) is 68.0 Å². The molecular weight excluding hydrogens is 406 g/mol. The number of methoxy groups -OCH3 is 1. The average Bonchev–Trinajstić information content (AvgIpc) is 3.09. The van der Waals surface area contributed by atoms with Gasteiger partial charge in [0.05, 0.1) is 25.5 Å². The molecule has 3 rings (SSSR count). The smallest absolute Gasteiger partial charge is 0.262 e. The van der Waals surface area contributed by atoms with Crippen LogP contribution >= 0.6 is 0 Å². The molecule has 0 fully saturated rings. The highest BCUT2D eigenvalue weighted by atomic mass is 16.5. The number of nitrogens with one attached hydrogen (secondary N) is 2. The van der Waals surface area contributed by atoms with Gasteiger partial charge in [-0.1, -0.05) is 0 Å². The van der Waals surface area contributed by atoms with Gasteiger partial charge in [-0.25, -0.2) is 0 Å². The lowest BCUT2D eigenvalue weighted by molar-refractivity contribution is -0.121. The van der Waals surface area contributed by atoms with Gasteiger partial charge in [0.2, 0.25) is 5.91 Å². The number of amides is 2. The van der Waals surface area contributed by atoms with Crippen LogP contribution in [-0.4, -0.2) is 35.0 Å². The summed E-state index contributed by atoms with van der Waals surface area (Å²) in [5.74, 6) is -0.281. The van der Waals surface area contributed by atoms with Crippen LogP contribution in [0.2, 0.25) is 0 Å². The van der Waals surface area contributed by atoms with Crippen molar-refractivity contribution in [3.8, 4) is 17.5 Å². The third kappa shape index (κ3) is 5.21. The van der Waals surface area contributed by atoms with E-state index in [0.717, 1.165) is 28.4 Å². The molecule has 0 aliphatic rings. The Balaban J connectivity index is 1.73. The second kappa shape index (κ2) is 10.1. The first-order valence-electron chi connectivity index (χ1n) is 9.86. The van der Waals surface area contributed by atoms with Crippen LogP contribution in [0.4, 0.5) is 5.69 Å². The van der Waals surface area contributed by atoms with Crippen LogP contribution in [0.25, 0.3) is 11.8 Å². The first-order valence-corrected chi connectivity index (χ1v) is 9.86. The zero-order chi connectivity index (χ0) is 23.1. The van der Waals surface area contributed by atoms with Crippen molar-refractivity contribution in [2.75, 3.05) is 19.0 Å². The van der Waals surface area contributed by atoms with Crippen LogP contribution in [-0.2, 0) is 9.59 Å². The molecule has 2 heterocycles. The predicted molar refractivity (Wildman–Crippen MR) is 121 cm³/mol. The van der Waals surface area contributed by atoms with Gasteiger partial charge in [-0.2, -0.15) is 5.26 Å². The van der Waals surface area contributed by atoms with Crippen molar-refractivity contribution in [1.82, 2.24) is 14.9 Å². The molecule has 0 unspecified atom stereocenters. The van der Waals surface area contributed by atoms with E-state index in [-0.39, 0.29) is 12.1 Å². The molecule has 3 aromatic rings. The van der Waals surface area contributed by atoms with Gasteiger partial charge in [-0.3, -0.25) is 14.6 Å². The van der Waals surface area contributed by atoms with Crippen molar-refractivity contribution < 1.29 is 14.3 Å². The molecule has 1 aromatic carbocycles. The first-order chi connectivity index (χ1) is 15.4. The minimum atomic E-state index is -0.622. The minimum Gasteiger partial charge on any atom is -0.497 e. The number of anilines is 1. The van der Waals surface area contributed by atoms with Crippen molar-refractivity contribution in [3.05, 3.63) is 77.4 Å². The molecule has 0 aliphatic heterocycles. The Kier molecular flexibility index (Phi) is 7.03. The van der Waals surface area contributed by atoms with Crippen LogP contribution in [0.5, 0.6) is 5.75 Å². The highest BCUT2D eigenvalue weighted by molar-refractivity contribution is 6.04. The number of ether oxygens (including phenoxy) is 1. The Morgan fingerprint density at radius 2 is 1.97 bits per heavy atom.